The number of carboxylic acid groups (broad SMARTS) is 1. The van der Waals surface area contributed by atoms with Crippen LogP contribution in [0.1, 0.15) is 51.9 Å². The lowest BCUT2D eigenvalue weighted by Crippen LogP contribution is -2.51. The minimum atomic E-state index is -0.968. The van der Waals surface area contributed by atoms with Gasteiger partial charge in [-0.2, -0.15) is 11.8 Å². The maximum Gasteiger partial charge on any atom is 0.326 e. The number of nitrogens with one attached hydrogen (secondary N) is 2. The highest BCUT2D eigenvalue weighted by molar-refractivity contribution is 7.98. The third-order valence-electron chi connectivity index (χ3n) is 4.19. The van der Waals surface area contributed by atoms with Gasteiger partial charge >= 0.3 is 12.0 Å². The quantitative estimate of drug-likeness (QED) is 0.643. The lowest BCUT2D eigenvalue weighted by atomic mass is 9.83. The average Bonchev–Trinajstić information content (AvgIpc) is 2.49. The average molecular weight is 316 g/mol. The molecule has 1 rings (SSSR count). The second kappa shape index (κ2) is 9.92. The molecule has 5 nitrogen and oxygen atoms in total. The third kappa shape index (κ3) is 6.59. The first-order chi connectivity index (χ1) is 10.1. The third-order valence-corrected chi connectivity index (χ3v) is 4.83. The van der Waals surface area contributed by atoms with Gasteiger partial charge in [-0.15, -0.1) is 0 Å². The SMILES string of the molecule is CCC(NC(=O)NC(CCSC)C(=O)O)C1CCCCC1. The molecule has 3 N–H and O–H groups in total. The summed E-state index contributed by atoms with van der Waals surface area (Å²) in [5.41, 5.74) is 0. The summed E-state index contributed by atoms with van der Waals surface area (Å²) in [6, 6.07) is -0.998. The molecule has 0 radical (unpaired) electrons. The molecule has 2 atom stereocenters. The number of hydrogen-bond donors (Lipinski definition) is 3. The molecule has 2 unspecified atom stereocenters. The Morgan fingerprint density at radius 1 is 1.24 bits per heavy atom. The first-order valence-electron chi connectivity index (χ1n) is 7.87. The van der Waals surface area contributed by atoms with Crippen molar-refractivity contribution in [3.63, 3.8) is 0 Å². The Morgan fingerprint density at radius 2 is 1.90 bits per heavy atom. The minimum absolute atomic E-state index is 0.153. The molecule has 2 amide bonds. The second-order valence-corrected chi connectivity index (χ2v) is 6.69. The van der Waals surface area contributed by atoms with Crippen LogP contribution in [-0.4, -0.2) is 41.2 Å². The molecule has 0 bridgehead atoms. The number of carbonyl (C=O) groups excluding carboxylic acids is 1. The lowest BCUT2D eigenvalue weighted by molar-refractivity contribution is -0.139. The van der Waals surface area contributed by atoms with Crippen LogP contribution >= 0.6 is 11.8 Å². The Labute approximate surface area is 131 Å². The van der Waals surface area contributed by atoms with Crippen LogP contribution in [-0.2, 0) is 4.79 Å². The Hall–Kier alpha value is -0.910. The maximum absolute atomic E-state index is 12.0. The summed E-state index contributed by atoms with van der Waals surface area (Å²) in [6.07, 6.45) is 9.34. The first-order valence-corrected chi connectivity index (χ1v) is 9.26. The van der Waals surface area contributed by atoms with E-state index in [0.717, 1.165) is 25.0 Å². The summed E-state index contributed by atoms with van der Waals surface area (Å²) >= 11 is 1.58. The van der Waals surface area contributed by atoms with E-state index in [1.807, 2.05) is 6.26 Å². The van der Waals surface area contributed by atoms with Crippen molar-refractivity contribution in [2.24, 2.45) is 5.92 Å². The van der Waals surface area contributed by atoms with Crippen LogP contribution in [0.3, 0.4) is 0 Å². The predicted molar refractivity (Wildman–Crippen MR) is 86.7 cm³/mol. The van der Waals surface area contributed by atoms with E-state index < -0.39 is 12.0 Å². The van der Waals surface area contributed by atoms with Crippen LogP contribution < -0.4 is 10.6 Å². The van der Waals surface area contributed by atoms with Gasteiger partial charge in [0.1, 0.15) is 6.04 Å². The van der Waals surface area contributed by atoms with E-state index in [9.17, 15) is 9.59 Å². The van der Waals surface area contributed by atoms with Gasteiger partial charge in [0.15, 0.2) is 0 Å². The fraction of sp³-hybridized carbons (Fsp3) is 0.867. The first kappa shape index (κ1) is 18.1. The number of amides is 2. The summed E-state index contributed by atoms with van der Waals surface area (Å²) in [5, 5.41) is 14.7. The van der Waals surface area contributed by atoms with E-state index in [1.165, 1.54) is 19.3 Å². The molecule has 0 spiro atoms. The molecular weight excluding hydrogens is 288 g/mol. The number of urea groups is 1. The number of carboxylic acids is 1. The van der Waals surface area contributed by atoms with E-state index in [0.29, 0.717) is 12.3 Å². The number of carbonyl (C=O) groups is 2. The number of aliphatic carboxylic acids is 1. The largest absolute Gasteiger partial charge is 0.480 e. The van der Waals surface area contributed by atoms with Crippen molar-refractivity contribution < 1.29 is 14.7 Å². The van der Waals surface area contributed by atoms with Gasteiger partial charge in [-0.25, -0.2) is 9.59 Å². The summed E-state index contributed by atoms with van der Waals surface area (Å²) in [6.45, 7) is 2.07. The van der Waals surface area contributed by atoms with Crippen LogP contribution in [0.15, 0.2) is 0 Å². The molecule has 1 saturated carbocycles. The molecule has 0 aliphatic heterocycles. The van der Waals surface area contributed by atoms with Crippen molar-refractivity contribution in [1.29, 1.82) is 0 Å². The molecule has 0 heterocycles. The minimum Gasteiger partial charge on any atom is -0.480 e. The van der Waals surface area contributed by atoms with Gasteiger partial charge in [0.2, 0.25) is 0 Å². The highest BCUT2D eigenvalue weighted by Gasteiger charge is 2.25. The smallest absolute Gasteiger partial charge is 0.326 e. The molecular formula is C15H28N2O3S. The van der Waals surface area contributed by atoms with Gasteiger partial charge in [-0.05, 0) is 43.6 Å². The highest BCUT2D eigenvalue weighted by Crippen LogP contribution is 2.27. The number of thioether (sulfide) groups is 1. The lowest BCUT2D eigenvalue weighted by Gasteiger charge is -2.30. The zero-order chi connectivity index (χ0) is 15.7. The van der Waals surface area contributed by atoms with Crippen LogP contribution in [0.5, 0.6) is 0 Å². The fourth-order valence-electron chi connectivity index (χ4n) is 2.95. The molecule has 6 heteroatoms. The molecule has 0 aromatic carbocycles. The zero-order valence-corrected chi connectivity index (χ0v) is 13.9. The molecule has 122 valence electrons. The summed E-state index contributed by atoms with van der Waals surface area (Å²) in [5.74, 6) is 0.283. The highest BCUT2D eigenvalue weighted by atomic mass is 32.2. The number of hydrogen-bond acceptors (Lipinski definition) is 3. The van der Waals surface area contributed by atoms with Crippen molar-refractivity contribution in [1.82, 2.24) is 10.6 Å². The van der Waals surface area contributed by atoms with Crippen LogP contribution in [0.2, 0.25) is 0 Å². The van der Waals surface area contributed by atoms with E-state index in [-0.39, 0.29) is 12.1 Å². The van der Waals surface area contributed by atoms with Crippen molar-refractivity contribution in [2.45, 2.75) is 64.0 Å². The molecule has 0 aromatic rings. The Balaban J connectivity index is 2.46. The van der Waals surface area contributed by atoms with Crippen molar-refractivity contribution >= 4 is 23.8 Å². The molecule has 0 saturated heterocycles. The summed E-state index contributed by atoms with van der Waals surface area (Å²) in [4.78, 5) is 23.2. The van der Waals surface area contributed by atoms with Gasteiger partial charge in [-0.1, -0.05) is 26.2 Å². The van der Waals surface area contributed by atoms with Gasteiger partial charge in [0.25, 0.3) is 0 Å². The van der Waals surface area contributed by atoms with E-state index in [4.69, 9.17) is 5.11 Å². The van der Waals surface area contributed by atoms with Crippen LogP contribution in [0.4, 0.5) is 4.79 Å². The van der Waals surface area contributed by atoms with E-state index in [1.54, 1.807) is 11.8 Å². The van der Waals surface area contributed by atoms with Crippen molar-refractivity contribution in [2.75, 3.05) is 12.0 Å². The van der Waals surface area contributed by atoms with E-state index >= 15 is 0 Å². The van der Waals surface area contributed by atoms with Gasteiger partial charge in [0, 0.05) is 6.04 Å². The molecule has 21 heavy (non-hydrogen) atoms. The standard InChI is InChI=1S/C15H28N2O3S/c1-3-12(11-7-5-4-6-8-11)16-15(20)17-13(14(18)19)9-10-21-2/h11-13H,3-10H2,1-2H3,(H,18,19)(H2,16,17,20). The molecule has 1 aliphatic carbocycles. The maximum atomic E-state index is 12.0. The van der Waals surface area contributed by atoms with Crippen molar-refractivity contribution in [3.05, 3.63) is 0 Å². The molecule has 1 aliphatic rings. The van der Waals surface area contributed by atoms with Gasteiger partial charge in [0.05, 0.1) is 0 Å². The van der Waals surface area contributed by atoms with Gasteiger partial charge < -0.3 is 15.7 Å². The monoisotopic (exact) mass is 316 g/mol. The van der Waals surface area contributed by atoms with Crippen LogP contribution in [0, 0.1) is 5.92 Å². The Kier molecular flexibility index (Phi) is 8.57. The normalized spacial score (nSPS) is 18.8. The Morgan fingerprint density at radius 3 is 2.43 bits per heavy atom. The second-order valence-electron chi connectivity index (χ2n) is 5.70. The predicted octanol–water partition coefficient (Wildman–Crippen LogP) is 2.85. The van der Waals surface area contributed by atoms with Crippen molar-refractivity contribution in [3.8, 4) is 0 Å². The zero-order valence-electron chi connectivity index (χ0n) is 13.1. The fourth-order valence-corrected chi connectivity index (χ4v) is 3.42. The van der Waals surface area contributed by atoms with Gasteiger partial charge in [-0.3, -0.25) is 0 Å². The summed E-state index contributed by atoms with van der Waals surface area (Å²) < 4.78 is 0. The van der Waals surface area contributed by atoms with E-state index in [2.05, 4.69) is 17.6 Å². The topological polar surface area (TPSA) is 78.4 Å². The molecule has 0 aromatic heterocycles. The number of rotatable bonds is 8. The van der Waals surface area contributed by atoms with Crippen LogP contribution in [0.25, 0.3) is 0 Å². The summed E-state index contributed by atoms with van der Waals surface area (Å²) in [7, 11) is 0. The molecule has 1 fully saturated rings. The Bertz CT molecular complexity index is 333.